The SMILES string of the molecule is COC(=O)/C=C(/Nc1cccc2c1CNC(=O)C2)C(=O)OC. The Bertz CT molecular complexity index is 651. The lowest BCUT2D eigenvalue weighted by Gasteiger charge is -2.21. The largest absolute Gasteiger partial charge is 0.466 e. The normalized spacial score (nSPS) is 13.7. The molecule has 0 saturated heterocycles. The molecule has 1 amide bonds. The van der Waals surface area contributed by atoms with Gasteiger partial charge in [-0.3, -0.25) is 4.79 Å². The van der Waals surface area contributed by atoms with Crippen LogP contribution in [-0.2, 0) is 36.8 Å². The van der Waals surface area contributed by atoms with Crippen LogP contribution < -0.4 is 10.6 Å². The molecule has 0 atom stereocenters. The van der Waals surface area contributed by atoms with Gasteiger partial charge < -0.3 is 20.1 Å². The van der Waals surface area contributed by atoms with Crippen molar-refractivity contribution in [2.24, 2.45) is 0 Å². The van der Waals surface area contributed by atoms with E-state index in [-0.39, 0.29) is 18.0 Å². The summed E-state index contributed by atoms with van der Waals surface area (Å²) in [6.45, 7) is 0.351. The Morgan fingerprint density at radius 1 is 1.27 bits per heavy atom. The van der Waals surface area contributed by atoms with E-state index in [1.54, 1.807) is 12.1 Å². The first-order valence-corrected chi connectivity index (χ1v) is 6.57. The van der Waals surface area contributed by atoms with Gasteiger partial charge in [-0.25, -0.2) is 9.59 Å². The summed E-state index contributed by atoms with van der Waals surface area (Å²) in [5.74, 6) is -1.42. The fraction of sp³-hybridized carbons (Fsp3) is 0.267. The van der Waals surface area contributed by atoms with Crippen LogP contribution in [0.1, 0.15) is 11.1 Å². The van der Waals surface area contributed by atoms with Gasteiger partial charge in [0.05, 0.1) is 26.7 Å². The van der Waals surface area contributed by atoms with E-state index >= 15 is 0 Å². The molecule has 0 spiro atoms. The molecular weight excluding hydrogens is 288 g/mol. The minimum Gasteiger partial charge on any atom is -0.466 e. The summed E-state index contributed by atoms with van der Waals surface area (Å²) >= 11 is 0. The summed E-state index contributed by atoms with van der Waals surface area (Å²) < 4.78 is 9.16. The predicted octanol–water partition coefficient (Wildman–Crippen LogP) is 0.501. The molecule has 0 aromatic heterocycles. The van der Waals surface area contributed by atoms with Crippen molar-refractivity contribution >= 4 is 23.5 Å². The highest BCUT2D eigenvalue weighted by Crippen LogP contribution is 2.24. The van der Waals surface area contributed by atoms with Gasteiger partial charge in [-0.05, 0) is 17.2 Å². The van der Waals surface area contributed by atoms with E-state index in [0.29, 0.717) is 12.2 Å². The van der Waals surface area contributed by atoms with Crippen molar-refractivity contribution in [2.75, 3.05) is 19.5 Å². The third-order valence-corrected chi connectivity index (χ3v) is 3.22. The fourth-order valence-corrected chi connectivity index (χ4v) is 2.13. The number of rotatable bonds is 4. The molecule has 1 aliphatic rings. The number of hydrogen-bond donors (Lipinski definition) is 2. The third kappa shape index (κ3) is 3.43. The highest BCUT2D eigenvalue weighted by atomic mass is 16.5. The number of carbonyl (C=O) groups is 3. The van der Waals surface area contributed by atoms with Gasteiger partial charge in [0.1, 0.15) is 5.70 Å². The Morgan fingerprint density at radius 2 is 2.05 bits per heavy atom. The van der Waals surface area contributed by atoms with E-state index in [1.165, 1.54) is 14.2 Å². The molecule has 1 aliphatic heterocycles. The number of anilines is 1. The molecule has 0 aliphatic carbocycles. The summed E-state index contributed by atoms with van der Waals surface area (Å²) in [5, 5.41) is 5.61. The number of esters is 2. The highest BCUT2D eigenvalue weighted by molar-refractivity contribution is 5.99. The zero-order valence-electron chi connectivity index (χ0n) is 12.3. The molecule has 2 N–H and O–H groups in total. The van der Waals surface area contributed by atoms with Crippen LogP contribution in [0.15, 0.2) is 30.0 Å². The maximum Gasteiger partial charge on any atom is 0.354 e. The monoisotopic (exact) mass is 304 g/mol. The smallest absolute Gasteiger partial charge is 0.354 e. The Labute approximate surface area is 127 Å². The first-order chi connectivity index (χ1) is 10.5. The minimum absolute atomic E-state index is 0.0420. The molecule has 2 rings (SSSR count). The highest BCUT2D eigenvalue weighted by Gasteiger charge is 2.20. The third-order valence-electron chi connectivity index (χ3n) is 3.22. The van der Waals surface area contributed by atoms with Crippen LogP contribution in [0.25, 0.3) is 0 Å². The molecule has 7 heteroatoms. The van der Waals surface area contributed by atoms with Crippen LogP contribution in [0, 0.1) is 0 Å². The van der Waals surface area contributed by atoms with Gasteiger partial charge in [-0.1, -0.05) is 12.1 Å². The van der Waals surface area contributed by atoms with Crippen LogP contribution in [0.5, 0.6) is 0 Å². The van der Waals surface area contributed by atoms with Crippen molar-refractivity contribution in [2.45, 2.75) is 13.0 Å². The summed E-state index contributed by atoms with van der Waals surface area (Å²) in [4.78, 5) is 34.5. The second-order valence-electron chi connectivity index (χ2n) is 4.59. The van der Waals surface area contributed by atoms with E-state index in [2.05, 4.69) is 20.1 Å². The van der Waals surface area contributed by atoms with Crippen LogP contribution in [0.4, 0.5) is 5.69 Å². The zero-order chi connectivity index (χ0) is 16.1. The lowest BCUT2D eigenvalue weighted by atomic mass is 9.98. The Balaban J connectivity index is 2.33. The molecule has 22 heavy (non-hydrogen) atoms. The van der Waals surface area contributed by atoms with Crippen LogP contribution in [0.2, 0.25) is 0 Å². The lowest BCUT2D eigenvalue weighted by molar-refractivity contribution is -0.138. The molecule has 0 unspecified atom stereocenters. The standard InChI is InChI=1S/C15H16N2O5/c1-21-14(19)7-12(15(20)22-2)17-11-5-3-4-9-6-13(18)16-8-10(9)11/h3-5,7,17H,6,8H2,1-2H3,(H,16,18)/b12-7+. The van der Waals surface area contributed by atoms with Crippen LogP contribution >= 0.6 is 0 Å². The first kappa shape index (κ1) is 15.6. The molecular formula is C15H16N2O5. The molecule has 7 nitrogen and oxygen atoms in total. The number of nitrogens with one attached hydrogen (secondary N) is 2. The molecule has 0 bridgehead atoms. The second kappa shape index (κ2) is 6.75. The quantitative estimate of drug-likeness (QED) is 0.621. The summed E-state index contributed by atoms with van der Waals surface area (Å²) in [6, 6.07) is 5.37. The van der Waals surface area contributed by atoms with E-state index in [4.69, 9.17) is 0 Å². The fourth-order valence-electron chi connectivity index (χ4n) is 2.13. The van der Waals surface area contributed by atoms with Crippen molar-refractivity contribution in [1.29, 1.82) is 0 Å². The van der Waals surface area contributed by atoms with E-state index in [0.717, 1.165) is 17.2 Å². The van der Waals surface area contributed by atoms with Crippen molar-refractivity contribution in [3.63, 3.8) is 0 Å². The zero-order valence-corrected chi connectivity index (χ0v) is 12.3. The summed E-state index contributed by atoms with van der Waals surface area (Å²) in [7, 11) is 2.43. The average Bonchev–Trinajstić information content (AvgIpc) is 2.53. The number of amides is 1. The van der Waals surface area contributed by atoms with Crippen molar-refractivity contribution < 1.29 is 23.9 Å². The lowest BCUT2D eigenvalue weighted by Crippen LogP contribution is -2.31. The van der Waals surface area contributed by atoms with Gasteiger partial charge in [0.25, 0.3) is 0 Å². The van der Waals surface area contributed by atoms with Gasteiger partial charge >= 0.3 is 11.9 Å². The van der Waals surface area contributed by atoms with Crippen molar-refractivity contribution in [3.05, 3.63) is 41.1 Å². The molecule has 1 aromatic rings. The average molecular weight is 304 g/mol. The van der Waals surface area contributed by atoms with E-state index in [1.807, 2.05) is 6.07 Å². The molecule has 0 saturated carbocycles. The van der Waals surface area contributed by atoms with Gasteiger partial charge in [0.15, 0.2) is 0 Å². The molecule has 0 fully saturated rings. The van der Waals surface area contributed by atoms with Crippen molar-refractivity contribution in [1.82, 2.24) is 5.32 Å². The van der Waals surface area contributed by atoms with Gasteiger partial charge in [-0.15, -0.1) is 0 Å². The van der Waals surface area contributed by atoms with Gasteiger partial charge in [0.2, 0.25) is 5.91 Å². The molecule has 1 heterocycles. The van der Waals surface area contributed by atoms with Gasteiger partial charge in [0, 0.05) is 12.2 Å². The second-order valence-corrected chi connectivity index (χ2v) is 4.59. The Hall–Kier alpha value is -2.83. The first-order valence-electron chi connectivity index (χ1n) is 6.57. The number of ether oxygens (including phenoxy) is 2. The predicted molar refractivity (Wildman–Crippen MR) is 77.7 cm³/mol. The van der Waals surface area contributed by atoms with Crippen LogP contribution in [-0.4, -0.2) is 32.1 Å². The number of methoxy groups -OCH3 is 2. The maximum atomic E-state index is 11.8. The maximum absolute atomic E-state index is 11.8. The topological polar surface area (TPSA) is 93.7 Å². The minimum atomic E-state index is -0.692. The van der Waals surface area contributed by atoms with Crippen LogP contribution in [0.3, 0.4) is 0 Å². The number of fused-ring (bicyclic) bond motifs is 1. The number of benzene rings is 1. The molecule has 0 radical (unpaired) electrons. The molecule has 116 valence electrons. The van der Waals surface area contributed by atoms with Gasteiger partial charge in [-0.2, -0.15) is 0 Å². The molecule has 1 aromatic carbocycles. The van der Waals surface area contributed by atoms with Crippen molar-refractivity contribution in [3.8, 4) is 0 Å². The number of hydrogen-bond acceptors (Lipinski definition) is 6. The Kier molecular flexibility index (Phi) is 4.77. The Morgan fingerprint density at radius 3 is 2.73 bits per heavy atom. The van der Waals surface area contributed by atoms with E-state index < -0.39 is 11.9 Å². The number of carbonyl (C=O) groups excluding carboxylic acids is 3. The van der Waals surface area contributed by atoms with E-state index in [9.17, 15) is 14.4 Å². The summed E-state index contributed by atoms with van der Waals surface area (Å²) in [6.07, 6.45) is 1.30. The summed E-state index contributed by atoms with van der Waals surface area (Å²) in [5.41, 5.74) is 2.32.